The van der Waals surface area contributed by atoms with Crippen molar-refractivity contribution in [2.45, 2.75) is 0 Å². The van der Waals surface area contributed by atoms with E-state index in [1.54, 1.807) is 43.5 Å². The van der Waals surface area contributed by atoms with Gasteiger partial charge in [0.15, 0.2) is 11.5 Å². The van der Waals surface area contributed by atoms with Crippen molar-refractivity contribution in [3.63, 3.8) is 0 Å². The number of carbonyl (C=O) groups excluding carboxylic acids is 1. The number of phenols is 1. The van der Waals surface area contributed by atoms with E-state index in [1.165, 1.54) is 0 Å². The Morgan fingerprint density at radius 2 is 2.00 bits per heavy atom. The zero-order valence-electron chi connectivity index (χ0n) is 11.4. The molecule has 6 heteroatoms. The molecule has 0 aliphatic carbocycles. The van der Waals surface area contributed by atoms with E-state index in [9.17, 15) is 9.90 Å². The maximum absolute atomic E-state index is 12.4. The first kappa shape index (κ1) is 15.1. The summed E-state index contributed by atoms with van der Waals surface area (Å²) >= 11 is 6.62. The van der Waals surface area contributed by atoms with Crippen LogP contribution in [0, 0.1) is 0 Å². The second-order valence-corrected chi connectivity index (χ2v) is 6.26. The molecule has 0 fully saturated rings. The van der Waals surface area contributed by atoms with Gasteiger partial charge >= 0.3 is 0 Å². The van der Waals surface area contributed by atoms with Crippen molar-refractivity contribution in [1.82, 2.24) is 0 Å². The minimum atomic E-state index is -0.192. The van der Waals surface area contributed by atoms with Crippen LogP contribution in [0.2, 0.25) is 0 Å². The molecule has 112 valence electrons. The van der Waals surface area contributed by atoms with Crippen LogP contribution in [0.5, 0.6) is 17.2 Å². The van der Waals surface area contributed by atoms with Crippen molar-refractivity contribution >= 4 is 43.7 Å². The predicted molar refractivity (Wildman–Crippen MR) is 89.4 cm³/mol. The highest BCUT2D eigenvalue weighted by Crippen LogP contribution is 2.43. The zero-order chi connectivity index (χ0) is 15.9. The Kier molecular flexibility index (Phi) is 3.97. The van der Waals surface area contributed by atoms with Crippen molar-refractivity contribution in [3.8, 4) is 17.2 Å². The van der Waals surface area contributed by atoms with Gasteiger partial charge in [0.25, 0.3) is 0 Å². The molecule has 4 nitrogen and oxygen atoms in total. The Balaban J connectivity index is 2.01. The molecule has 0 bridgehead atoms. The van der Waals surface area contributed by atoms with Gasteiger partial charge in [-0.15, -0.1) is 0 Å². The molecule has 2 aromatic rings. The topological polar surface area (TPSA) is 55.8 Å². The highest BCUT2D eigenvalue weighted by atomic mass is 79.9. The van der Waals surface area contributed by atoms with E-state index in [4.69, 9.17) is 9.47 Å². The van der Waals surface area contributed by atoms with Gasteiger partial charge < -0.3 is 14.6 Å². The highest BCUT2D eigenvalue weighted by Gasteiger charge is 2.30. The summed E-state index contributed by atoms with van der Waals surface area (Å²) in [5, 5.41) is 9.51. The third kappa shape index (κ3) is 2.53. The largest absolute Gasteiger partial charge is 0.507 e. The van der Waals surface area contributed by atoms with Gasteiger partial charge in [0.1, 0.15) is 16.0 Å². The van der Waals surface area contributed by atoms with Crippen molar-refractivity contribution in [2.24, 2.45) is 0 Å². The summed E-state index contributed by atoms with van der Waals surface area (Å²) in [6.45, 7) is 0. The number of rotatable bonds is 2. The molecule has 0 saturated carbocycles. The Morgan fingerprint density at radius 3 is 2.68 bits per heavy atom. The van der Waals surface area contributed by atoms with E-state index in [0.717, 1.165) is 5.56 Å². The molecule has 22 heavy (non-hydrogen) atoms. The van der Waals surface area contributed by atoms with E-state index in [1.807, 2.05) is 0 Å². The van der Waals surface area contributed by atoms with Crippen molar-refractivity contribution in [1.29, 1.82) is 0 Å². The maximum atomic E-state index is 12.4. The lowest BCUT2D eigenvalue weighted by atomic mass is 10.1. The van der Waals surface area contributed by atoms with Gasteiger partial charge in [-0.1, -0.05) is 6.07 Å². The summed E-state index contributed by atoms with van der Waals surface area (Å²) in [5.74, 6) is 1.22. The lowest BCUT2D eigenvalue weighted by Gasteiger charge is -2.06. The third-order valence-electron chi connectivity index (χ3n) is 3.23. The van der Waals surface area contributed by atoms with Crippen LogP contribution in [-0.4, -0.2) is 18.0 Å². The molecule has 0 aromatic heterocycles. The number of halogens is 2. The van der Waals surface area contributed by atoms with Crippen LogP contribution >= 0.6 is 31.9 Å². The Bertz CT molecular complexity index is 812. The number of carbonyl (C=O) groups is 1. The van der Waals surface area contributed by atoms with Gasteiger partial charge in [-0.2, -0.15) is 0 Å². The Morgan fingerprint density at radius 1 is 1.23 bits per heavy atom. The molecule has 0 unspecified atom stereocenters. The number of aromatic hydroxyl groups is 1. The molecule has 3 rings (SSSR count). The number of hydrogen-bond acceptors (Lipinski definition) is 4. The van der Waals surface area contributed by atoms with Crippen LogP contribution < -0.4 is 9.47 Å². The van der Waals surface area contributed by atoms with E-state index >= 15 is 0 Å². The first-order valence-corrected chi connectivity index (χ1v) is 7.89. The summed E-state index contributed by atoms with van der Waals surface area (Å²) in [4.78, 5) is 12.4. The number of methoxy groups -OCH3 is 1. The molecule has 0 radical (unpaired) electrons. The molecule has 1 heterocycles. The van der Waals surface area contributed by atoms with Gasteiger partial charge in [-0.3, -0.25) is 4.79 Å². The normalized spacial score (nSPS) is 14.9. The number of ketones is 1. The van der Waals surface area contributed by atoms with Crippen LogP contribution in [0.15, 0.2) is 45.0 Å². The number of phenolic OH excluding ortho intramolecular Hbond substituents is 1. The minimum Gasteiger partial charge on any atom is -0.507 e. The standard InChI is InChI=1S/C16H10Br2O4/c1-21-12-5-3-9-15(20)13(22-16(9)14(12)18)7-8-2-4-11(19)10(17)6-8/h2-7,19H,1H3/b13-7-. The maximum Gasteiger partial charge on any atom is 0.232 e. The SMILES string of the molecule is COc1ccc2c(c1Br)O/C(=C\c1ccc(O)c(Br)c1)C2=O. The quantitative estimate of drug-likeness (QED) is 0.717. The molecule has 2 aromatic carbocycles. The van der Waals surface area contributed by atoms with Crippen LogP contribution in [-0.2, 0) is 0 Å². The highest BCUT2D eigenvalue weighted by molar-refractivity contribution is 9.11. The molecule has 1 aliphatic rings. The fourth-order valence-corrected chi connectivity index (χ4v) is 3.11. The summed E-state index contributed by atoms with van der Waals surface area (Å²) in [6, 6.07) is 8.33. The summed E-state index contributed by atoms with van der Waals surface area (Å²) < 4.78 is 12.0. The van der Waals surface area contributed by atoms with Gasteiger partial charge in [0.2, 0.25) is 5.78 Å². The lowest BCUT2D eigenvalue weighted by molar-refractivity contribution is 0.101. The summed E-state index contributed by atoms with van der Waals surface area (Å²) in [6.07, 6.45) is 1.63. The number of fused-ring (bicyclic) bond motifs is 1. The Hall–Kier alpha value is -1.79. The number of hydrogen-bond donors (Lipinski definition) is 1. The van der Waals surface area contributed by atoms with Crippen molar-refractivity contribution in [2.75, 3.05) is 7.11 Å². The van der Waals surface area contributed by atoms with Crippen LogP contribution in [0.3, 0.4) is 0 Å². The molecular weight excluding hydrogens is 416 g/mol. The van der Waals surface area contributed by atoms with Gasteiger partial charge in [0.05, 0.1) is 17.1 Å². The average molecular weight is 426 g/mol. The van der Waals surface area contributed by atoms with Gasteiger partial charge in [-0.25, -0.2) is 0 Å². The van der Waals surface area contributed by atoms with Crippen LogP contribution in [0.1, 0.15) is 15.9 Å². The molecule has 1 N–H and O–H groups in total. The second kappa shape index (κ2) is 5.78. The third-order valence-corrected chi connectivity index (χ3v) is 4.62. The van der Waals surface area contributed by atoms with E-state index in [2.05, 4.69) is 31.9 Å². The molecule has 0 saturated heterocycles. The van der Waals surface area contributed by atoms with Crippen LogP contribution in [0.4, 0.5) is 0 Å². The average Bonchev–Trinajstić information content (AvgIpc) is 2.81. The summed E-state index contributed by atoms with van der Waals surface area (Å²) in [5.41, 5.74) is 1.22. The lowest BCUT2D eigenvalue weighted by Crippen LogP contribution is -1.97. The number of ether oxygens (including phenoxy) is 2. The van der Waals surface area contributed by atoms with E-state index < -0.39 is 0 Å². The first-order valence-electron chi connectivity index (χ1n) is 6.30. The first-order chi connectivity index (χ1) is 10.5. The van der Waals surface area contributed by atoms with Crippen molar-refractivity contribution in [3.05, 3.63) is 56.2 Å². The molecular formula is C16H10Br2O4. The second-order valence-electron chi connectivity index (χ2n) is 4.61. The number of Topliss-reactive ketones (excluding diaryl/α,β-unsaturated/α-hetero) is 1. The zero-order valence-corrected chi connectivity index (χ0v) is 14.6. The van der Waals surface area contributed by atoms with Crippen LogP contribution in [0.25, 0.3) is 6.08 Å². The van der Waals surface area contributed by atoms with E-state index in [0.29, 0.717) is 26.0 Å². The molecule has 0 spiro atoms. The fraction of sp³-hybridized carbons (Fsp3) is 0.0625. The number of allylic oxidation sites excluding steroid dienone is 1. The Labute approximate surface area is 143 Å². The number of benzene rings is 2. The van der Waals surface area contributed by atoms with Gasteiger partial charge in [-0.05, 0) is 67.8 Å². The van der Waals surface area contributed by atoms with Crippen molar-refractivity contribution < 1.29 is 19.4 Å². The van der Waals surface area contributed by atoms with E-state index in [-0.39, 0.29) is 17.3 Å². The minimum absolute atomic E-state index is 0.136. The monoisotopic (exact) mass is 424 g/mol. The fourth-order valence-electron chi connectivity index (χ4n) is 2.12. The smallest absolute Gasteiger partial charge is 0.232 e. The molecule has 1 aliphatic heterocycles. The van der Waals surface area contributed by atoms with Gasteiger partial charge in [0, 0.05) is 0 Å². The predicted octanol–water partition coefficient (Wildman–Crippen LogP) is 4.54. The molecule has 0 amide bonds. The summed E-state index contributed by atoms with van der Waals surface area (Å²) in [7, 11) is 1.55. The molecule has 0 atom stereocenters.